The van der Waals surface area contributed by atoms with Gasteiger partial charge in [-0.05, 0) is 45.8 Å². The highest BCUT2D eigenvalue weighted by molar-refractivity contribution is 7.89. The first kappa shape index (κ1) is 16.9. The molecule has 1 atom stereocenters. The molecule has 0 aliphatic carbocycles. The summed E-state index contributed by atoms with van der Waals surface area (Å²) in [5.74, 6) is 0. The molecule has 1 unspecified atom stereocenters. The molecule has 0 radical (unpaired) electrons. The number of aliphatic hydroxyl groups is 1. The second-order valence-electron chi connectivity index (χ2n) is 5.59. The van der Waals surface area contributed by atoms with Crippen molar-refractivity contribution in [3.63, 3.8) is 0 Å². The molecule has 1 saturated heterocycles. The largest absolute Gasteiger partial charge is 0.391 e. The van der Waals surface area contributed by atoms with E-state index in [9.17, 15) is 8.42 Å². The first-order chi connectivity index (χ1) is 9.94. The Hall–Kier alpha value is -0.470. The third kappa shape index (κ3) is 4.26. The topological polar surface area (TPSA) is 69.6 Å². The van der Waals surface area contributed by atoms with Gasteiger partial charge in [-0.1, -0.05) is 6.42 Å². The monoisotopic (exact) mass is 332 g/mol. The smallest absolute Gasteiger partial charge is 0.241 e. The highest BCUT2D eigenvalue weighted by atomic mass is 32.2. The van der Waals surface area contributed by atoms with E-state index in [2.05, 4.69) is 16.5 Å². The first-order valence-electron chi connectivity index (χ1n) is 7.38. The van der Waals surface area contributed by atoms with Crippen LogP contribution in [0.4, 0.5) is 0 Å². The van der Waals surface area contributed by atoms with E-state index in [1.807, 2.05) is 0 Å². The summed E-state index contributed by atoms with van der Waals surface area (Å²) in [6.45, 7) is 6.24. The molecule has 0 spiro atoms. The highest BCUT2D eigenvalue weighted by Gasteiger charge is 2.22. The zero-order valence-corrected chi connectivity index (χ0v) is 14.3. The number of hydrogen-bond donors (Lipinski definition) is 2. The molecule has 21 heavy (non-hydrogen) atoms. The van der Waals surface area contributed by atoms with Gasteiger partial charge in [0.25, 0.3) is 0 Å². The molecule has 1 aliphatic rings. The number of sulfonamides is 1. The summed E-state index contributed by atoms with van der Waals surface area (Å²) in [5, 5.41) is 9.12. The second-order valence-corrected chi connectivity index (χ2v) is 8.67. The van der Waals surface area contributed by atoms with Gasteiger partial charge in [0.1, 0.15) is 0 Å². The van der Waals surface area contributed by atoms with Gasteiger partial charge in [0, 0.05) is 22.3 Å². The van der Waals surface area contributed by atoms with Gasteiger partial charge < -0.3 is 5.11 Å². The highest BCUT2D eigenvalue weighted by Crippen LogP contribution is 2.25. The lowest BCUT2D eigenvalue weighted by Crippen LogP contribution is -2.44. The Morgan fingerprint density at radius 1 is 1.38 bits per heavy atom. The van der Waals surface area contributed by atoms with Gasteiger partial charge >= 0.3 is 0 Å². The van der Waals surface area contributed by atoms with E-state index in [0.717, 1.165) is 18.0 Å². The van der Waals surface area contributed by atoms with E-state index in [0.29, 0.717) is 16.3 Å². The molecular formula is C14H24N2O3S2. The lowest BCUT2D eigenvalue weighted by Gasteiger charge is -2.32. The van der Waals surface area contributed by atoms with Crippen molar-refractivity contribution in [3.05, 3.63) is 15.8 Å². The molecule has 0 bridgehead atoms. The zero-order valence-electron chi connectivity index (χ0n) is 12.6. The minimum atomic E-state index is -3.49. The van der Waals surface area contributed by atoms with Crippen LogP contribution in [-0.2, 0) is 16.6 Å². The molecule has 1 aromatic rings. The van der Waals surface area contributed by atoms with E-state index in [1.54, 1.807) is 13.0 Å². The SMILES string of the molecule is Cc1sc(CO)cc1S(=O)(=O)NCC(C)N1CCCCC1. The van der Waals surface area contributed by atoms with E-state index in [4.69, 9.17) is 5.11 Å². The van der Waals surface area contributed by atoms with Crippen LogP contribution in [0.3, 0.4) is 0 Å². The molecule has 0 amide bonds. The Balaban J connectivity index is 1.98. The molecule has 0 saturated carbocycles. The Kier molecular flexibility index (Phi) is 5.79. The van der Waals surface area contributed by atoms with Crippen molar-refractivity contribution in [3.8, 4) is 0 Å². The van der Waals surface area contributed by atoms with Crippen molar-refractivity contribution in [1.82, 2.24) is 9.62 Å². The number of hydrogen-bond acceptors (Lipinski definition) is 5. The minimum Gasteiger partial charge on any atom is -0.391 e. The number of likely N-dealkylation sites (tertiary alicyclic amines) is 1. The summed E-state index contributed by atoms with van der Waals surface area (Å²) in [4.78, 5) is 4.03. The molecule has 2 heterocycles. The van der Waals surface area contributed by atoms with Crippen LogP contribution in [-0.4, -0.2) is 44.1 Å². The van der Waals surface area contributed by atoms with Crippen molar-refractivity contribution in [2.45, 2.75) is 50.7 Å². The molecular weight excluding hydrogens is 308 g/mol. The normalized spacial score (nSPS) is 18.8. The van der Waals surface area contributed by atoms with E-state index >= 15 is 0 Å². The number of thiophene rings is 1. The van der Waals surface area contributed by atoms with Crippen LogP contribution in [0.25, 0.3) is 0 Å². The van der Waals surface area contributed by atoms with Crippen molar-refractivity contribution in [2.24, 2.45) is 0 Å². The predicted octanol–water partition coefficient (Wildman–Crippen LogP) is 1.70. The molecule has 1 aliphatic heterocycles. The number of nitrogens with one attached hydrogen (secondary N) is 1. The maximum absolute atomic E-state index is 12.4. The lowest BCUT2D eigenvalue weighted by molar-refractivity contribution is 0.175. The zero-order chi connectivity index (χ0) is 15.5. The van der Waals surface area contributed by atoms with Crippen molar-refractivity contribution < 1.29 is 13.5 Å². The summed E-state index contributed by atoms with van der Waals surface area (Å²) >= 11 is 1.32. The summed E-state index contributed by atoms with van der Waals surface area (Å²) in [6, 6.07) is 1.77. The van der Waals surface area contributed by atoms with Crippen molar-refractivity contribution in [1.29, 1.82) is 0 Å². The Labute approximate surface area is 131 Å². The molecule has 2 rings (SSSR count). The van der Waals surface area contributed by atoms with Gasteiger partial charge in [-0.2, -0.15) is 0 Å². The summed E-state index contributed by atoms with van der Waals surface area (Å²) < 4.78 is 27.4. The molecule has 7 heteroatoms. The Morgan fingerprint density at radius 2 is 2.05 bits per heavy atom. The molecule has 2 N–H and O–H groups in total. The van der Waals surface area contributed by atoms with Gasteiger partial charge in [0.15, 0.2) is 0 Å². The standard InChI is InChI=1S/C14H24N2O3S2/c1-11(16-6-4-3-5-7-16)9-15-21(18,19)14-8-13(10-17)20-12(14)2/h8,11,15,17H,3-7,9-10H2,1-2H3. The van der Waals surface area contributed by atoms with Gasteiger partial charge in [0.2, 0.25) is 10.0 Å². The molecule has 1 aromatic heterocycles. The van der Waals surface area contributed by atoms with E-state index in [1.165, 1.54) is 30.6 Å². The van der Waals surface area contributed by atoms with Crippen LogP contribution in [0.2, 0.25) is 0 Å². The fourth-order valence-electron chi connectivity index (χ4n) is 2.67. The lowest BCUT2D eigenvalue weighted by atomic mass is 10.1. The quantitative estimate of drug-likeness (QED) is 0.832. The fourth-order valence-corrected chi connectivity index (χ4v) is 5.28. The van der Waals surface area contributed by atoms with Crippen LogP contribution in [0.1, 0.15) is 35.9 Å². The van der Waals surface area contributed by atoms with E-state index < -0.39 is 10.0 Å². The average Bonchev–Trinajstić information content (AvgIpc) is 2.88. The number of aliphatic hydroxyl groups excluding tert-OH is 1. The number of rotatable bonds is 6. The predicted molar refractivity (Wildman–Crippen MR) is 85.1 cm³/mol. The number of piperidine rings is 1. The maximum Gasteiger partial charge on any atom is 0.241 e. The maximum atomic E-state index is 12.4. The van der Waals surface area contributed by atoms with Crippen LogP contribution < -0.4 is 4.72 Å². The first-order valence-corrected chi connectivity index (χ1v) is 9.68. The third-order valence-electron chi connectivity index (χ3n) is 3.95. The van der Waals surface area contributed by atoms with E-state index in [-0.39, 0.29) is 12.6 Å². The minimum absolute atomic E-state index is 0.120. The molecule has 1 fully saturated rings. The molecule has 0 aromatic carbocycles. The summed E-state index contributed by atoms with van der Waals surface area (Å²) in [5.41, 5.74) is 0. The van der Waals surface area contributed by atoms with Crippen LogP contribution >= 0.6 is 11.3 Å². The van der Waals surface area contributed by atoms with Crippen molar-refractivity contribution >= 4 is 21.4 Å². The summed E-state index contributed by atoms with van der Waals surface area (Å²) in [6.07, 6.45) is 3.66. The summed E-state index contributed by atoms with van der Waals surface area (Å²) in [7, 11) is -3.49. The van der Waals surface area contributed by atoms with Crippen molar-refractivity contribution in [2.75, 3.05) is 19.6 Å². The van der Waals surface area contributed by atoms with Crippen LogP contribution in [0.5, 0.6) is 0 Å². The third-order valence-corrected chi connectivity index (χ3v) is 6.67. The van der Waals surface area contributed by atoms with Crippen LogP contribution in [0, 0.1) is 6.92 Å². The number of nitrogens with zero attached hydrogens (tertiary/aromatic N) is 1. The van der Waals surface area contributed by atoms with Gasteiger partial charge in [0.05, 0.1) is 11.5 Å². The van der Waals surface area contributed by atoms with Gasteiger partial charge in [-0.25, -0.2) is 13.1 Å². The Bertz CT molecular complexity index is 563. The number of aryl methyl sites for hydroxylation is 1. The van der Waals surface area contributed by atoms with Crippen LogP contribution in [0.15, 0.2) is 11.0 Å². The molecule has 120 valence electrons. The average molecular weight is 332 g/mol. The fraction of sp³-hybridized carbons (Fsp3) is 0.714. The van der Waals surface area contributed by atoms with Gasteiger partial charge in [-0.3, -0.25) is 4.90 Å². The Morgan fingerprint density at radius 3 is 2.62 bits per heavy atom. The van der Waals surface area contributed by atoms with Gasteiger partial charge in [-0.15, -0.1) is 11.3 Å². The second kappa shape index (κ2) is 7.19. The molecule has 5 nitrogen and oxygen atoms in total.